The van der Waals surface area contributed by atoms with Gasteiger partial charge >= 0.3 is 0 Å². The zero-order valence-corrected chi connectivity index (χ0v) is 15.1. The van der Waals surface area contributed by atoms with E-state index in [1.165, 1.54) is 18.3 Å². The molecule has 2 aromatic carbocycles. The van der Waals surface area contributed by atoms with E-state index in [-0.39, 0.29) is 17.4 Å². The normalized spacial score (nSPS) is 12.9. The molecule has 2 heterocycles. The van der Waals surface area contributed by atoms with Crippen LogP contribution >= 0.6 is 0 Å². The molecule has 0 atom stereocenters. The largest absolute Gasteiger partial charge is 0.328 e. The predicted molar refractivity (Wildman–Crippen MR) is 108 cm³/mol. The van der Waals surface area contributed by atoms with E-state index < -0.39 is 0 Å². The minimum absolute atomic E-state index is 0.0217. The van der Waals surface area contributed by atoms with Crippen molar-refractivity contribution in [1.82, 2.24) is 4.98 Å². The lowest BCUT2D eigenvalue weighted by molar-refractivity contribution is 0.0983. The van der Waals surface area contributed by atoms with Crippen LogP contribution in [0.5, 0.6) is 0 Å². The summed E-state index contributed by atoms with van der Waals surface area (Å²) in [6.45, 7) is 0.670. The second-order valence-corrected chi connectivity index (χ2v) is 6.67. The van der Waals surface area contributed by atoms with Crippen molar-refractivity contribution >= 4 is 23.2 Å². The molecule has 1 aromatic heterocycles. The highest BCUT2D eigenvalue weighted by atomic mass is 16.2. The van der Waals surface area contributed by atoms with Gasteiger partial charge in [0.05, 0.1) is 5.56 Å². The monoisotopic (exact) mass is 373 g/mol. The minimum atomic E-state index is -0.302. The lowest BCUT2D eigenvalue weighted by Gasteiger charge is -2.30. The standard InChI is InChI=1S/C22H19N3O3/c26-20-11-8-17(14-23-20)21(27)24-18-9-10-19-16(13-18)7-4-12-25(19)22(28)15-5-2-1-3-6-15/h1-3,5-6,8-11,13-14H,4,7,12H2,(H,23,26)(H,24,27). The van der Waals surface area contributed by atoms with Crippen molar-refractivity contribution in [2.45, 2.75) is 12.8 Å². The van der Waals surface area contributed by atoms with Crippen LogP contribution in [-0.4, -0.2) is 23.3 Å². The van der Waals surface area contributed by atoms with Gasteiger partial charge in [-0.3, -0.25) is 14.4 Å². The number of rotatable bonds is 3. The molecular weight excluding hydrogens is 354 g/mol. The van der Waals surface area contributed by atoms with Gasteiger partial charge in [-0.05, 0) is 54.8 Å². The fourth-order valence-electron chi connectivity index (χ4n) is 3.38. The third-order valence-electron chi connectivity index (χ3n) is 4.77. The average Bonchev–Trinajstić information content (AvgIpc) is 2.73. The van der Waals surface area contributed by atoms with Gasteiger partial charge in [0.1, 0.15) is 0 Å². The molecule has 3 aromatic rings. The van der Waals surface area contributed by atoms with Crippen LogP contribution in [0.15, 0.2) is 71.7 Å². The molecule has 28 heavy (non-hydrogen) atoms. The molecule has 1 aliphatic heterocycles. The number of aryl methyl sites for hydroxylation is 1. The number of amides is 2. The number of hydrogen-bond acceptors (Lipinski definition) is 3. The topological polar surface area (TPSA) is 82.3 Å². The Morgan fingerprint density at radius 3 is 2.54 bits per heavy atom. The van der Waals surface area contributed by atoms with E-state index >= 15 is 0 Å². The van der Waals surface area contributed by atoms with Crippen molar-refractivity contribution in [1.29, 1.82) is 0 Å². The molecule has 140 valence electrons. The molecular formula is C22H19N3O3. The Bertz CT molecular complexity index is 1070. The Balaban J connectivity index is 1.56. The van der Waals surface area contributed by atoms with Crippen molar-refractivity contribution < 1.29 is 9.59 Å². The quantitative estimate of drug-likeness (QED) is 0.740. The van der Waals surface area contributed by atoms with Gasteiger partial charge in [-0.2, -0.15) is 0 Å². The van der Waals surface area contributed by atoms with Crippen LogP contribution in [0, 0.1) is 0 Å². The summed E-state index contributed by atoms with van der Waals surface area (Å²) in [6.07, 6.45) is 3.09. The van der Waals surface area contributed by atoms with Gasteiger partial charge in [0.15, 0.2) is 0 Å². The second kappa shape index (κ2) is 7.52. The van der Waals surface area contributed by atoms with E-state index in [1.54, 1.807) is 11.0 Å². The summed E-state index contributed by atoms with van der Waals surface area (Å²) >= 11 is 0. The molecule has 0 saturated carbocycles. The highest BCUT2D eigenvalue weighted by Crippen LogP contribution is 2.31. The van der Waals surface area contributed by atoms with Gasteiger partial charge < -0.3 is 15.2 Å². The number of nitrogens with one attached hydrogen (secondary N) is 2. The third kappa shape index (κ3) is 3.57. The van der Waals surface area contributed by atoms with E-state index in [0.717, 1.165) is 24.1 Å². The van der Waals surface area contributed by atoms with Gasteiger partial charge in [-0.15, -0.1) is 0 Å². The molecule has 1 aliphatic rings. The molecule has 0 fully saturated rings. The molecule has 2 amide bonds. The molecule has 0 spiro atoms. The van der Waals surface area contributed by atoms with Crippen LogP contribution in [0.25, 0.3) is 0 Å². The fourth-order valence-corrected chi connectivity index (χ4v) is 3.38. The Kier molecular flexibility index (Phi) is 4.76. The Morgan fingerprint density at radius 1 is 0.964 bits per heavy atom. The number of benzene rings is 2. The van der Waals surface area contributed by atoms with Crippen molar-refractivity contribution in [3.8, 4) is 0 Å². The first-order chi connectivity index (χ1) is 13.6. The summed E-state index contributed by atoms with van der Waals surface area (Å²) < 4.78 is 0. The van der Waals surface area contributed by atoms with Gasteiger partial charge in [-0.1, -0.05) is 18.2 Å². The average molecular weight is 373 g/mol. The van der Waals surface area contributed by atoms with Crippen molar-refractivity contribution in [2.24, 2.45) is 0 Å². The Labute approximate surface area is 161 Å². The van der Waals surface area contributed by atoms with Crippen LogP contribution in [0.2, 0.25) is 0 Å². The number of fused-ring (bicyclic) bond motifs is 1. The van der Waals surface area contributed by atoms with Crippen molar-refractivity contribution in [2.75, 3.05) is 16.8 Å². The molecule has 0 unspecified atom stereocenters. The highest BCUT2D eigenvalue weighted by Gasteiger charge is 2.23. The summed E-state index contributed by atoms with van der Waals surface area (Å²) in [5.41, 5.74) is 3.33. The summed E-state index contributed by atoms with van der Waals surface area (Å²) in [5.74, 6) is -0.323. The molecule has 0 aliphatic carbocycles. The van der Waals surface area contributed by atoms with Gasteiger partial charge in [0.2, 0.25) is 5.56 Å². The highest BCUT2D eigenvalue weighted by molar-refractivity contribution is 6.07. The first-order valence-corrected chi connectivity index (χ1v) is 9.12. The summed E-state index contributed by atoms with van der Waals surface area (Å²) in [6, 6.07) is 17.6. The van der Waals surface area contributed by atoms with Crippen LogP contribution in [0.3, 0.4) is 0 Å². The summed E-state index contributed by atoms with van der Waals surface area (Å²) in [7, 11) is 0. The number of aromatic amines is 1. The van der Waals surface area contributed by atoms with Crippen molar-refractivity contribution in [3.05, 3.63) is 93.9 Å². The molecule has 0 saturated heterocycles. The first kappa shape index (κ1) is 17.7. The smallest absolute Gasteiger partial charge is 0.258 e. The molecule has 6 heteroatoms. The molecule has 6 nitrogen and oxygen atoms in total. The number of nitrogens with zero attached hydrogens (tertiary/aromatic N) is 1. The summed E-state index contributed by atoms with van der Waals surface area (Å²) in [5, 5.41) is 2.84. The molecule has 0 radical (unpaired) electrons. The first-order valence-electron chi connectivity index (χ1n) is 9.12. The van der Waals surface area contributed by atoms with E-state index in [0.29, 0.717) is 23.4 Å². The summed E-state index contributed by atoms with van der Waals surface area (Å²) in [4.78, 5) is 40.6. The van der Waals surface area contributed by atoms with Gasteiger partial charge in [-0.25, -0.2) is 0 Å². The van der Waals surface area contributed by atoms with Crippen LogP contribution in [0.4, 0.5) is 11.4 Å². The van der Waals surface area contributed by atoms with Gasteiger partial charge in [0.25, 0.3) is 11.8 Å². The number of carbonyl (C=O) groups excluding carboxylic acids is 2. The van der Waals surface area contributed by atoms with Crippen LogP contribution in [-0.2, 0) is 6.42 Å². The lowest BCUT2D eigenvalue weighted by Crippen LogP contribution is -2.35. The predicted octanol–water partition coefficient (Wildman–Crippen LogP) is 3.22. The molecule has 0 bridgehead atoms. The zero-order chi connectivity index (χ0) is 19.5. The maximum absolute atomic E-state index is 12.9. The van der Waals surface area contributed by atoms with Gasteiger partial charge in [0, 0.05) is 35.7 Å². The number of carbonyl (C=O) groups is 2. The maximum atomic E-state index is 12.9. The fraction of sp³-hybridized carbons (Fsp3) is 0.136. The molecule has 2 N–H and O–H groups in total. The van der Waals surface area contributed by atoms with E-state index in [1.807, 2.05) is 42.5 Å². The molecule has 4 rings (SSSR count). The minimum Gasteiger partial charge on any atom is -0.328 e. The third-order valence-corrected chi connectivity index (χ3v) is 4.77. The van der Waals surface area contributed by atoms with Crippen LogP contribution in [0.1, 0.15) is 32.7 Å². The zero-order valence-electron chi connectivity index (χ0n) is 15.1. The number of pyridine rings is 1. The number of anilines is 2. The van der Waals surface area contributed by atoms with E-state index in [4.69, 9.17) is 0 Å². The maximum Gasteiger partial charge on any atom is 0.258 e. The Hall–Kier alpha value is -3.67. The SMILES string of the molecule is O=C(Nc1ccc2c(c1)CCCN2C(=O)c1ccccc1)c1ccc(=O)[nH]c1. The number of hydrogen-bond donors (Lipinski definition) is 2. The Morgan fingerprint density at radius 2 is 1.79 bits per heavy atom. The second-order valence-electron chi connectivity index (χ2n) is 6.67. The lowest BCUT2D eigenvalue weighted by atomic mass is 10.00. The van der Waals surface area contributed by atoms with E-state index in [9.17, 15) is 14.4 Å². The number of aromatic nitrogens is 1. The van der Waals surface area contributed by atoms with Crippen LogP contribution < -0.4 is 15.8 Å². The van der Waals surface area contributed by atoms with Crippen molar-refractivity contribution in [3.63, 3.8) is 0 Å². The number of H-pyrrole nitrogens is 1. The van der Waals surface area contributed by atoms with E-state index in [2.05, 4.69) is 10.3 Å².